The molecule has 2 aromatic carbocycles. The first-order valence-electron chi connectivity index (χ1n) is 9.10. The van der Waals surface area contributed by atoms with E-state index in [4.69, 9.17) is 41.8 Å². The lowest BCUT2D eigenvalue weighted by molar-refractivity contribution is 0.0475. The maximum absolute atomic E-state index is 12.8. The van der Waals surface area contributed by atoms with Crippen LogP contribution in [0.5, 0.6) is 11.5 Å². The quantitative estimate of drug-likeness (QED) is 0.363. The number of rotatable bonds is 8. The molecule has 8 nitrogen and oxygen atoms in total. The largest absolute Gasteiger partial charge is 0.493 e. The van der Waals surface area contributed by atoms with Gasteiger partial charge in [-0.3, -0.25) is 9.59 Å². The van der Waals surface area contributed by atoms with Crippen molar-refractivity contribution in [3.8, 4) is 11.5 Å². The van der Waals surface area contributed by atoms with E-state index in [1.807, 2.05) is 0 Å². The lowest BCUT2D eigenvalue weighted by Crippen LogP contribution is -2.18. The molecule has 0 fully saturated rings. The number of anilines is 1. The molecule has 0 atom stereocenters. The van der Waals surface area contributed by atoms with Crippen molar-refractivity contribution >= 4 is 46.5 Å². The van der Waals surface area contributed by atoms with Gasteiger partial charge in [0.1, 0.15) is 0 Å². The van der Waals surface area contributed by atoms with Crippen LogP contribution in [0.15, 0.2) is 53.1 Å². The van der Waals surface area contributed by atoms with E-state index in [1.54, 1.807) is 6.07 Å². The monoisotopic (exact) mass is 477 g/mol. The number of nitrogens with one attached hydrogen (secondary N) is 1. The van der Waals surface area contributed by atoms with Crippen LogP contribution in [0, 0.1) is 0 Å². The van der Waals surface area contributed by atoms with E-state index in [0.29, 0.717) is 5.02 Å². The molecule has 1 aromatic heterocycles. The van der Waals surface area contributed by atoms with Gasteiger partial charge in [0.15, 0.2) is 23.9 Å². The fourth-order valence-corrected chi connectivity index (χ4v) is 3.26. The van der Waals surface area contributed by atoms with Gasteiger partial charge in [-0.2, -0.15) is 0 Å². The molecular weight excluding hydrogens is 461 g/mol. The first-order chi connectivity index (χ1) is 15.3. The standard InChI is InChI=1S/C22H17Cl2NO7/c1-29-19-9-14(16(10-20(19)30-2)25-21(27)18-4-3-7-31-18)22(28)32-11-17(26)13-6-5-12(23)8-15(13)24/h3-10H,11H2,1-2H3,(H,25,27). The number of benzene rings is 2. The number of furan rings is 1. The molecule has 3 aromatic rings. The third-order valence-electron chi connectivity index (χ3n) is 4.30. The SMILES string of the molecule is COc1cc(NC(=O)c2ccco2)c(C(=O)OCC(=O)c2ccc(Cl)cc2Cl)cc1OC. The van der Waals surface area contributed by atoms with Gasteiger partial charge in [-0.05, 0) is 30.3 Å². The van der Waals surface area contributed by atoms with Crippen LogP contribution in [0.4, 0.5) is 5.69 Å². The van der Waals surface area contributed by atoms with Gasteiger partial charge in [-0.25, -0.2) is 4.79 Å². The zero-order valence-electron chi connectivity index (χ0n) is 16.9. The van der Waals surface area contributed by atoms with Crippen LogP contribution in [0.25, 0.3) is 0 Å². The molecule has 1 heterocycles. The molecule has 0 saturated carbocycles. The molecule has 0 aliphatic rings. The second-order valence-electron chi connectivity index (χ2n) is 6.31. The van der Waals surface area contributed by atoms with Crippen LogP contribution in [0.3, 0.4) is 0 Å². The predicted octanol–water partition coefficient (Wildman–Crippen LogP) is 4.90. The number of hydrogen-bond donors (Lipinski definition) is 1. The molecule has 0 aliphatic heterocycles. The number of amides is 1. The average molecular weight is 478 g/mol. The van der Waals surface area contributed by atoms with E-state index in [1.165, 1.54) is 56.9 Å². The minimum atomic E-state index is -0.876. The summed E-state index contributed by atoms with van der Waals surface area (Å²) in [6.45, 7) is -0.583. The normalized spacial score (nSPS) is 10.4. The number of methoxy groups -OCH3 is 2. The Balaban J connectivity index is 1.84. The van der Waals surface area contributed by atoms with Crippen LogP contribution in [-0.2, 0) is 4.74 Å². The van der Waals surface area contributed by atoms with Crippen molar-refractivity contribution in [2.75, 3.05) is 26.1 Å². The maximum Gasteiger partial charge on any atom is 0.340 e. The van der Waals surface area contributed by atoms with Crippen molar-refractivity contribution in [1.29, 1.82) is 0 Å². The maximum atomic E-state index is 12.8. The van der Waals surface area contributed by atoms with Gasteiger partial charge in [0.2, 0.25) is 5.78 Å². The van der Waals surface area contributed by atoms with E-state index in [-0.39, 0.29) is 39.1 Å². The highest BCUT2D eigenvalue weighted by Gasteiger charge is 2.22. The molecule has 0 aliphatic carbocycles. The van der Waals surface area contributed by atoms with Crippen molar-refractivity contribution in [3.63, 3.8) is 0 Å². The van der Waals surface area contributed by atoms with Crippen molar-refractivity contribution < 1.29 is 33.0 Å². The number of esters is 1. The summed E-state index contributed by atoms with van der Waals surface area (Å²) in [5, 5.41) is 3.07. The molecule has 0 spiro atoms. The van der Waals surface area contributed by atoms with Crippen LogP contribution in [-0.4, -0.2) is 38.5 Å². The summed E-state index contributed by atoms with van der Waals surface area (Å²) >= 11 is 11.9. The molecule has 10 heteroatoms. The number of hydrogen-bond acceptors (Lipinski definition) is 7. The molecule has 0 radical (unpaired) electrons. The Labute approximate surface area is 193 Å². The number of Topliss-reactive ketones (excluding diaryl/α,β-unsaturated/α-hetero) is 1. The summed E-state index contributed by atoms with van der Waals surface area (Å²) in [6.07, 6.45) is 1.34. The number of halogens is 2. The molecule has 1 N–H and O–H groups in total. The summed E-state index contributed by atoms with van der Waals surface area (Å²) < 4.78 is 20.7. The fourth-order valence-electron chi connectivity index (χ4n) is 2.75. The number of ether oxygens (including phenoxy) is 3. The number of ketones is 1. The molecule has 166 valence electrons. The van der Waals surface area contributed by atoms with Gasteiger partial charge in [-0.1, -0.05) is 23.2 Å². The summed E-state index contributed by atoms with van der Waals surface area (Å²) in [6, 6.07) is 10.1. The highest BCUT2D eigenvalue weighted by Crippen LogP contribution is 2.34. The van der Waals surface area contributed by atoms with Crippen molar-refractivity contribution in [2.45, 2.75) is 0 Å². The summed E-state index contributed by atoms with van der Waals surface area (Å²) in [4.78, 5) is 37.6. The highest BCUT2D eigenvalue weighted by atomic mass is 35.5. The van der Waals surface area contributed by atoms with E-state index >= 15 is 0 Å². The van der Waals surface area contributed by atoms with Crippen LogP contribution < -0.4 is 14.8 Å². The number of carbonyl (C=O) groups excluding carboxylic acids is 3. The molecular formula is C22H17Cl2NO7. The van der Waals surface area contributed by atoms with Gasteiger partial charge >= 0.3 is 5.97 Å². The van der Waals surface area contributed by atoms with Crippen LogP contribution in [0.2, 0.25) is 10.0 Å². The first-order valence-corrected chi connectivity index (χ1v) is 9.86. The second kappa shape index (κ2) is 10.2. The Morgan fingerprint density at radius 2 is 1.69 bits per heavy atom. The Morgan fingerprint density at radius 3 is 2.31 bits per heavy atom. The topological polar surface area (TPSA) is 104 Å². The highest BCUT2D eigenvalue weighted by molar-refractivity contribution is 6.36. The Bertz CT molecular complexity index is 1160. The van der Waals surface area contributed by atoms with E-state index in [2.05, 4.69) is 5.32 Å². The lowest BCUT2D eigenvalue weighted by atomic mass is 10.1. The Kier molecular flexibility index (Phi) is 7.40. The van der Waals surface area contributed by atoms with Gasteiger partial charge in [-0.15, -0.1) is 0 Å². The molecule has 3 rings (SSSR count). The zero-order valence-corrected chi connectivity index (χ0v) is 18.5. The summed E-state index contributed by atoms with van der Waals surface area (Å²) in [7, 11) is 2.79. The third kappa shape index (κ3) is 5.22. The molecule has 0 unspecified atom stereocenters. The van der Waals surface area contributed by atoms with E-state index in [0.717, 1.165) is 0 Å². The Hall–Kier alpha value is -3.49. The van der Waals surface area contributed by atoms with Crippen LogP contribution in [0.1, 0.15) is 31.3 Å². The molecule has 0 saturated heterocycles. The van der Waals surface area contributed by atoms with Gasteiger partial charge < -0.3 is 23.9 Å². The van der Waals surface area contributed by atoms with Crippen molar-refractivity contribution in [3.05, 3.63) is 75.7 Å². The smallest absolute Gasteiger partial charge is 0.340 e. The fraction of sp³-hybridized carbons (Fsp3) is 0.136. The van der Waals surface area contributed by atoms with E-state index < -0.39 is 24.3 Å². The van der Waals surface area contributed by atoms with Crippen molar-refractivity contribution in [2.24, 2.45) is 0 Å². The summed E-state index contributed by atoms with van der Waals surface area (Å²) in [5.41, 5.74) is 0.172. The zero-order chi connectivity index (χ0) is 23.3. The van der Waals surface area contributed by atoms with Gasteiger partial charge in [0.05, 0.1) is 36.8 Å². The van der Waals surface area contributed by atoms with Gasteiger partial charge in [0.25, 0.3) is 5.91 Å². The van der Waals surface area contributed by atoms with Crippen molar-refractivity contribution in [1.82, 2.24) is 0 Å². The first kappa shape index (κ1) is 23.2. The third-order valence-corrected chi connectivity index (χ3v) is 4.85. The minimum absolute atomic E-state index is 0.0339. The minimum Gasteiger partial charge on any atom is -0.493 e. The van der Waals surface area contributed by atoms with E-state index in [9.17, 15) is 14.4 Å². The summed E-state index contributed by atoms with van der Waals surface area (Å²) in [5.74, 6) is -1.47. The molecule has 0 bridgehead atoms. The average Bonchev–Trinajstić information content (AvgIpc) is 3.32. The van der Waals surface area contributed by atoms with Crippen LogP contribution >= 0.6 is 23.2 Å². The number of carbonyl (C=O) groups is 3. The molecule has 1 amide bonds. The second-order valence-corrected chi connectivity index (χ2v) is 7.15. The predicted molar refractivity (Wildman–Crippen MR) is 117 cm³/mol. The van der Waals surface area contributed by atoms with Gasteiger partial charge in [0, 0.05) is 22.7 Å². The lowest BCUT2D eigenvalue weighted by Gasteiger charge is -2.15. The Morgan fingerprint density at radius 1 is 0.969 bits per heavy atom. The molecule has 32 heavy (non-hydrogen) atoms.